The summed E-state index contributed by atoms with van der Waals surface area (Å²) in [7, 11) is 0. The maximum atomic E-state index is 12.9. The van der Waals surface area contributed by atoms with Crippen molar-refractivity contribution in [2.75, 3.05) is 13.1 Å². The summed E-state index contributed by atoms with van der Waals surface area (Å²) in [6.45, 7) is 1.71. The molecule has 3 rings (SSSR count). The van der Waals surface area contributed by atoms with E-state index in [9.17, 15) is 9.18 Å². The maximum Gasteiger partial charge on any atom is 0.222 e. The van der Waals surface area contributed by atoms with E-state index in [4.69, 9.17) is 5.73 Å². The first-order chi connectivity index (χ1) is 11.1. The predicted molar refractivity (Wildman–Crippen MR) is 96.6 cm³/mol. The molecule has 0 spiro atoms. The summed E-state index contributed by atoms with van der Waals surface area (Å²) in [6, 6.07) is 7.01. The van der Waals surface area contributed by atoms with Crippen molar-refractivity contribution in [3.63, 3.8) is 0 Å². The zero-order valence-corrected chi connectivity index (χ0v) is 14.9. The molecule has 2 fully saturated rings. The minimum absolute atomic E-state index is 0. The Balaban J connectivity index is 0.00000208. The summed E-state index contributed by atoms with van der Waals surface area (Å²) in [5.41, 5.74) is 7.27. The third kappa shape index (κ3) is 4.93. The van der Waals surface area contributed by atoms with Crippen LogP contribution >= 0.6 is 12.4 Å². The van der Waals surface area contributed by atoms with Crippen LogP contribution in [0.1, 0.15) is 44.1 Å². The number of hydrogen-bond acceptors (Lipinski definition) is 2. The van der Waals surface area contributed by atoms with E-state index in [1.807, 2.05) is 17.0 Å². The molecule has 24 heavy (non-hydrogen) atoms. The molecule has 0 unspecified atom stereocenters. The van der Waals surface area contributed by atoms with Gasteiger partial charge in [0.05, 0.1) is 0 Å². The van der Waals surface area contributed by atoms with Gasteiger partial charge in [0, 0.05) is 25.6 Å². The van der Waals surface area contributed by atoms with Crippen LogP contribution < -0.4 is 5.73 Å². The van der Waals surface area contributed by atoms with Gasteiger partial charge < -0.3 is 10.6 Å². The van der Waals surface area contributed by atoms with Crippen molar-refractivity contribution in [2.24, 2.45) is 17.6 Å². The first kappa shape index (κ1) is 19.2. The summed E-state index contributed by atoms with van der Waals surface area (Å²) >= 11 is 0. The van der Waals surface area contributed by atoms with E-state index in [0.29, 0.717) is 18.3 Å². The van der Waals surface area contributed by atoms with E-state index in [1.165, 1.54) is 24.1 Å². The second-order valence-electron chi connectivity index (χ2n) is 7.21. The molecule has 2 aliphatic rings. The largest absolute Gasteiger partial charge is 0.343 e. The van der Waals surface area contributed by atoms with E-state index in [0.717, 1.165) is 45.2 Å². The highest BCUT2D eigenvalue weighted by Crippen LogP contribution is 2.29. The first-order valence-corrected chi connectivity index (χ1v) is 8.89. The average Bonchev–Trinajstić information content (AvgIpc) is 2.95. The lowest BCUT2D eigenvalue weighted by molar-refractivity contribution is -0.133. The summed E-state index contributed by atoms with van der Waals surface area (Å²) < 4.78 is 12.9. The molecule has 2 N–H and O–H groups in total. The van der Waals surface area contributed by atoms with Crippen LogP contribution in [0.3, 0.4) is 0 Å². The molecule has 1 amide bonds. The summed E-state index contributed by atoms with van der Waals surface area (Å²) in [6.07, 6.45) is 7.03. The molecule has 0 bridgehead atoms. The van der Waals surface area contributed by atoms with Crippen molar-refractivity contribution in [3.05, 3.63) is 35.6 Å². The molecule has 1 aliphatic carbocycles. The number of rotatable bonds is 4. The van der Waals surface area contributed by atoms with Gasteiger partial charge in [-0.05, 0) is 61.6 Å². The Morgan fingerprint density at radius 1 is 1.12 bits per heavy atom. The molecule has 5 heteroatoms. The highest BCUT2D eigenvalue weighted by Gasteiger charge is 2.29. The van der Waals surface area contributed by atoms with Gasteiger partial charge in [0.15, 0.2) is 0 Å². The molecular weight excluding hydrogens is 327 g/mol. The van der Waals surface area contributed by atoms with Crippen molar-refractivity contribution in [1.82, 2.24) is 4.90 Å². The smallest absolute Gasteiger partial charge is 0.222 e. The second-order valence-corrected chi connectivity index (χ2v) is 7.21. The molecule has 1 saturated carbocycles. The van der Waals surface area contributed by atoms with Gasteiger partial charge in [-0.15, -0.1) is 12.4 Å². The van der Waals surface area contributed by atoms with E-state index in [-0.39, 0.29) is 30.2 Å². The standard InChI is InChI=1S/C19H27FN2O.ClH/c20-17-6-4-14(5-7-17)12-15-8-10-22(11-9-15)19(23)13-16-2-1-3-18(16)21;/h4-7,15-16,18H,1-3,8-13,21H2;1H/t16-,18+;/m0./s1. The third-order valence-electron chi connectivity index (χ3n) is 5.56. The monoisotopic (exact) mass is 354 g/mol. The quantitative estimate of drug-likeness (QED) is 0.898. The Labute approximate surface area is 150 Å². The van der Waals surface area contributed by atoms with Crippen LogP contribution in [0.15, 0.2) is 24.3 Å². The van der Waals surface area contributed by atoms with Gasteiger partial charge in [0.2, 0.25) is 5.91 Å². The van der Waals surface area contributed by atoms with Crippen LogP contribution in [0.5, 0.6) is 0 Å². The molecule has 0 aromatic heterocycles. The zero-order chi connectivity index (χ0) is 16.2. The number of halogens is 2. The maximum absolute atomic E-state index is 12.9. The van der Waals surface area contributed by atoms with Gasteiger partial charge in [-0.3, -0.25) is 4.79 Å². The molecule has 1 saturated heterocycles. The number of carbonyl (C=O) groups is 1. The van der Waals surface area contributed by atoms with E-state index in [1.54, 1.807) is 0 Å². The van der Waals surface area contributed by atoms with Gasteiger partial charge in [0.25, 0.3) is 0 Å². The Kier molecular flexibility index (Phi) is 7.05. The van der Waals surface area contributed by atoms with Crippen LogP contribution in [0.4, 0.5) is 4.39 Å². The zero-order valence-electron chi connectivity index (χ0n) is 14.1. The van der Waals surface area contributed by atoms with E-state index < -0.39 is 0 Å². The number of hydrogen-bond donors (Lipinski definition) is 1. The van der Waals surface area contributed by atoms with Crippen LogP contribution in [0.2, 0.25) is 0 Å². The van der Waals surface area contributed by atoms with Crippen LogP contribution in [-0.4, -0.2) is 29.9 Å². The summed E-state index contributed by atoms with van der Waals surface area (Å²) in [5.74, 6) is 1.09. The second kappa shape index (κ2) is 8.82. The Bertz CT molecular complexity index is 529. The summed E-state index contributed by atoms with van der Waals surface area (Å²) in [4.78, 5) is 14.5. The molecular formula is C19H28ClFN2O. The van der Waals surface area contributed by atoms with Gasteiger partial charge in [-0.25, -0.2) is 4.39 Å². The number of nitrogens with two attached hydrogens (primary N) is 1. The molecule has 1 aromatic carbocycles. The van der Waals surface area contributed by atoms with Crippen molar-refractivity contribution >= 4 is 18.3 Å². The lowest BCUT2D eigenvalue weighted by Gasteiger charge is -2.33. The Morgan fingerprint density at radius 2 is 1.79 bits per heavy atom. The fraction of sp³-hybridized carbons (Fsp3) is 0.632. The molecule has 1 heterocycles. The van der Waals surface area contributed by atoms with Gasteiger partial charge in [0.1, 0.15) is 5.82 Å². The minimum atomic E-state index is -0.181. The fourth-order valence-electron chi connectivity index (χ4n) is 4.01. The molecule has 1 aromatic rings. The number of piperidine rings is 1. The number of likely N-dealkylation sites (tertiary alicyclic amines) is 1. The average molecular weight is 355 g/mol. The fourth-order valence-corrected chi connectivity index (χ4v) is 4.01. The SMILES string of the molecule is Cl.N[C@@H]1CCC[C@H]1CC(=O)N1CCC(Cc2ccc(F)cc2)CC1. The van der Waals surface area contributed by atoms with Gasteiger partial charge in [-0.1, -0.05) is 18.6 Å². The van der Waals surface area contributed by atoms with Crippen molar-refractivity contribution in [3.8, 4) is 0 Å². The van der Waals surface area contributed by atoms with Crippen molar-refractivity contribution in [1.29, 1.82) is 0 Å². The number of benzene rings is 1. The predicted octanol–water partition coefficient (Wildman–Crippen LogP) is 3.55. The molecule has 1 aliphatic heterocycles. The Hall–Kier alpha value is -1.13. The van der Waals surface area contributed by atoms with Crippen molar-refractivity contribution < 1.29 is 9.18 Å². The van der Waals surface area contributed by atoms with Crippen LogP contribution in [-0.2, 0) is 11.2 Å². The number of carbonyl (C=O) groups excluding carboxylic acids is 1. The molecule has 134 valence electrons. The van der Waals surface area contributed by atoms with E-state index in [2.05, 4.69) is 0 Å². The number of amides is 1. The third-order valence-corrected chi connectivity index (χ3v) is 5.56. The first-order valence-electron chi connectivity index (χ1n) is 8.89. The normalized spacial score (nSPS) is 24.7. The summed E-state index contributed by atoms with van der Waals surface area (Å²) in [5, 5.41) is 0. The van der Waals surface area contributed by atoms with E-state index >= 15 is 0 Å². The molecule has 3 nitrogen and oxygen atoms in total. The van der Waals surface area contributed by atoms with Gasteiger partial charge in [-0.2, -0.15) is 0 Å². The van der Waals surface area contributed by atoms with Crippen LogP contribution in [0.25, 0.3) is 0 Å². The molecule has 0 radical (unpaired) electrons. The highest BCUT2D eigenvalue weighted by molar-refractivity contribution is 5.85. The topological polar surface area (TPSA) is 46.3 Å². The Morgan fingerprint density at radius 3 is 2.38 bits per heavy atom. The van der Waals surface area contributed by atoms with Gasteiger partial charge >= 0.3 is 0 Å². The highest BCUT2D eigenvalue weighted by atomic mass is 35.5. The number of nitrogens with zero attached hydrogens (tertiary/aromatic N) is 1. The lowest BCUT2D eigenvalue weighted by Crippen LogP contribution is -2.40. The van der Waals surface area contributed by atoms with Crippen LogP contribution in [0, 0.1) is 17.7 Å². The lowest BCUT2D eigenvalue weighted by atomic mass is 9.89. The molecule has 2 atom stereocenters. The van der Waals surface area contributed by atoms with Crippen molar-refractivity contribution in [2.45, 2.75) is 51.0 Å². The minimum Gasteiger partial charge on any atom is -0.343 e.